The molecule has 0 radical (unpaired) electrons. The molecule has 1 aromatic carbocycles. The van der Waals surface area contributed by atoms with Crippen molar-refractivity contribution in [2.75, 3.05) is 13.2 Å². The molecule has 3 rings (SSSR count). The van der Waals surface area contributed by atoms with E-state index in [2.05, 4.69) is 15.3 Å². The molecule has 21 heavy (non-hydrogen) atoms. The molecule has 0 saturated heterocycles. The number of rotatable bonds is 6. The number of aromatic amines is 1. The number of fused-ring (bicyclic) bond motifs is 1. The minimum atomic E-state index is -0.148. The Labute approximate surface area is 127 Å². The van der Waals surface area contributed by atoms with Crippen molar-refractivity contribution in [1.29, 1.82) is 0 Å². The first kappa shape index (κ1) is 14.5. The van der Waals surface area contributed by atoms with Crippen LogP contribution in [0.5, 0.6) is 0 Å². The maximum absolute atomic E-state index is 12.0. The number of H-pyrrole nitrogens is 1. The first-order chi connectivity index (χ1) is 10.1. The van der Waals surface area contributed by atoms with E-state index in [1.165, 1.54) is 0 Å². The lowest BCUT2D eigenvalue weighted by Gasteiger charge is -2.14. The second-order valence-electron chi connectivity index (χ2n) is 5.75. The predicted molar refractivity (Wildman–Crippen MR) is 82.5 cm³/mol. The van der Waals surface area contributed by atoms with Gasteiger partial charge in [-0.2, -0.15) is 0 Å². The molecule has 0 spiro atoms. The zero-order valence-electron chi connectivity index (χ0n) is 11.7. The van der Waals surface area contributed by atoms with E-state index >= 15 is 0 Å². The highest BCUT2D eigenvalue weighted by molar-refractivity contribution is 6.31. The molecule has 1 aromatic heterocycles. The van der Waals surface area contributed by atoms with E-state index in [0.717, 1.165) is 25.8 Å². The normalized spacial score (nSPS) is 16.3. The Morgan fingerprint density at radius 3 is 2.95 bits per heavy atom. The first-order valence-electron chi connectivity index (χ1n) is 7.12. The largest absolute Gasteiger partial charge is 0.396 e. The highest BCUT2D eigenvalue weighted by Crippen LogP contribution is 2.47. The molecular formula is C15H18ClN3O2. The van der Waals surface area contributed by atoms with Crippen molar-refractivity contribution in [3.63, 3.8) is 0 Å². The van der Waals surface area contributed by atoms with Gasteiger partial charge in [0.2, 0.25) is 0 Å². The van der Waals surface area contributed by atoms with E-state index in [1.807, 2.05) is 0 Å². The van der Waals surface area contributed by atoms with Gasteiger partial charge in [-0.25, -0.2) is 4.98 Å². The summed E-state index contributed by atoms with van der Waals surface area (Å²) >= 11 is 5.94. The predicted octanol–water partition coefficient (Wildman–Crippen LogP) is 1.83. The van der Waals surface area contributed by atoms with Crippen molar-refractivity contribution >= 4 is 22.5 Å². The summed E-state index contributed by atoms with van der Waals surface area (Å²) in [7, 11) is 0. The SMILES string of the molecule is O=c1[nH]c(CNCC2(CCO)CC2)nc2cc(Cl)ccc12. The van der Waals surface area contributed by atoms with Gasteiger partial charge >= 0.3 is 0 Å². The van der Waals surface area contributed by atoms with E-state index < -0.39 is 0 Å². The molecule has 1 fully saturated rings. The van der Waals surface area contributed by atoms with Gasteiger partial charge < -0.3 is 15.4 Å². The summed E-state index contributed by atoms with van der Waals surface area (Å²) in [5.41, 5.74) is 0.708. The summed E-state index contributed by atoms with van der Waals surface area (Å²) in [6.07, 6.45) is 3.13. The number of hydrogen-bond acceptors (Lipinski definition) is 4. The molecular weight excluding hydrogens is 290 g/mol. The number of nitrogens with zero attached hydrogens (tertiary/aromatic N) is 1. The zero-order valence-corrected chi connectivity index (χ0v) is 12.4. The number of benzene rings is 1. The van der Waals surface area contributed by atoms with Crippen LogP contribution in [-0.2, 0) is 6.54 Å². The molecule has 5 nitrogen and oxygen atoms in total. The van der Waals surface area contributed by atoms with Crippen molar-refractivity contribution in [2.24, 2.45) is 5.41 Å². The summed E-state index contributed by atoms with van der Waals surface area (Å²) in [6, 6.07) is 5.06. The van der Waals surface area contributed by atoms with Gasteiger partial charge in [0.25, 0.3) is 5.56 Å². The lowest BCUT2D eigenvalue weighted by Crippen LogP contribution is -2.26. The Kier molecular flexibility index (Phi) is 3.97. The van der Waals surface area contributed by atoms with Crippen LogP contribution in [0.15, 0.2) is 23.0 Å². The van der Waals surface area contributed by atoms with Gasteiger partial charge in [-0.1, -0.05) is 11.6 Å². The Hall–Kier alpha value is -1.43. The molecule has 1 aliphatic carbocycles. The summed E-state index contributed by atoms with van der Waals surface area (Å²) in [5, 5.41) is 13.5. The van der Waals surface area contributed by atoms with Crippen molar-refractivity contribution in [2.45, 2.75) is 25.8 Å². The molecule has 0 bridgehead atoms. The van der Waals surface area contributed by atoms with Crippen LogP contribution in [0.3, 0.4) is 0 Å². The highest BCUT2D eigenvalue weighted by atomic mass is 35.5. The lowest BCUT2D eigenvalue weighted by molar-refractivity contribution is 0.245. The summed E-state index contributed by atoms with van der Waals surface area (Å²) < 4.78 is 0. The van der Waals surface area contributed by atoms with E-state index in [0.29, 0.717) is 28.3 Å². The summed E-state index contributed by atoms with van der Waals surface area (Å²) in [5.74, 6) is 0.606. The minimum Gasteiger partial charge on any atom is -0.396 e. The molecule has 0 unspecified atom stereocenters. The Bertz CT molecular complexity index is 710. The van der Waals surface area contributed by atoms with Gasteiger partial charge in [0.1, 0.15) is 5.82 Å². The van der Waals surface area contributed by atoms with Crippen molar-refractivity contribution in [3.05, 3.63) is 39.4 Å². The third-order valence-corrected chi connectivity index (χ3v) is 4.34. The summed E-state index contributed by atoms with van der Waals surface area (Å²) in [4.78, 5) is 19.2. The van der Waals surface area contributed by atoms with Gasteiger partial charge in [0.15, 0.2) is 0 Å². The lowest BCUT2D eigenvalue weighted by atomic mass is 10.0. The van der Waals surface area contributed by atoms with Gasteiger partial charge in [0.05, 0.1) is 17.4 Å². The van der Waals surface area contributed by atoms with Crippen LogP contribution in [0.25, 0.3) is 10.9 Å². The summed E-state index contributed by atoms with van der Waals surface area (Å²) in [6.45, 7) is 1.57. The number of aromatic nitrogens is 2. The third kappa shape index (κ3) is 3.26. The van der Waals surface area contributed by atoms with Crippen LogP contribution in [0, 0.1) is 5.41 Å². The van der Waals surface area contributed by atoms with Crippen molar-refractivity contribution < 1.29 is 5.11 Å². The number of halogens is 1. The second kappa shape index (κ2) is 5.75. The smallest absolute Gasteiger partial charge is 0.258 e. The number of aliphatic hydroxyl groups is 1. The zero-order chi connectivity index (χ0) is 14.9. The van der Waals surface area contributed by atoms with Crippen LogP contribution in [0.1, 0.15) is 25.1 Å². The van der Waals surface area contributed by atoms with Crippen LogP contribution in [-0.4, -0.2) is 28.2 Å². The van der Waals surface area contributed by atoms with Crippen molar-refractivity contribution in [3.8, 4) is 0 Å². The molecule has 2 aromatic rings. The van der Waals surface area contributed by atoms with E-state index in [1.54, 1.807) is 18.2 Å². The van der Waals surface area contributed by atoms with Gasteiger partial charge in [0, 0.05) is 18.2 Å². The molecule has 6 heteroatoms. The highest BCUT2D eigenvalue weighted by Gasteiger charge is 2.41. The van der Waals surface area contributed by atoms with Gasteiger partial charge in [-0.15, -0.1) is 0 Å². The topological polar surface area (TPSA) is 78.0 Å². The molecule has 3 N–H and O–H groups in total. The average molecular weight is 308 g/mol. The molecule has 112 valence electrons. The number of nitrogens with one attached hydrogen (secondary N) is 2. The van der Waals surface area contributed by atoms with E-state index in [9.17, 15) is 4.79 Å². The fraction of sp³-hybridized carbons (Fsp3) is 0.467. The average Bonchev–Trinajstić information content (AvgIpc) is 3.18. The maximum Gasteiger partial charge on any atom is 0.258 e. The molecule has 0 amide bonds. The van der Waals surface area contributed by atoms with E-state index in [4.69, 9.17) is 16.7 Å². The standard InChI is InChI=1S/C15H18ClN3O2/c16-10-1-2-11-12(7-10)18-13(19-14(11)21)8-17-9-15(3-4-15)5-6-20/h1-2,7,17,20H,3-6,8-9H2,(H,18,19,21). The van der Waals surface area contributed by atoms with Gasteiger partial charge in [-0.05, 0) is 42.9 Å². The minimum absolute atomic E-state index is 0.148. The quantitative estimate of drug-likeness (QED) is 0.761. The van der Waals surface area contributed by atoms with Crippen LogP contribution in [0.2, 0.25) is 5.02 Å². The maximum atomic E-state index is 12.0. The monoisotopic (exact) mass is 307 g/mol. The van der Waals surface area contributed by atoms with Crippen LogP contribution >= 0.6 is 11.6 Å². The molecule has 0 aliphatic heterocycles. The fourth-order valence-electron chi connectivity index (χ4n) is 2.62. The Morgan fingerprint density at radius 1 is 1.43 bits per heavy atom. The fourth-order valence-corrected chi connectivity index (χ4v) is 2.79. The Balaban J connectivity index is 1.71. The molecule has 0 atom stereocenters. The first-order valence-corrected chi connectivity index (χ1v) is 7.50. The Morgan fingerprint density at radius 2 is 2.24 bits per heavy atom. The molecule has 1 heterocycles. The molecule has 1 saturated carbocycles. The number of aliphatic hydroxyl groups excluding tert-OH is 1. The van der Waals surface area contributed by atoms with Crippen LogP contribution in [0.4, 0.5) is 0 Å². The second-order valence-corrected chi connectivity index (χ2v) is 6.19. The molecule has 1 aliphatic rings. The number of hydrogen-bond donors (Lipinski definition) is 3. The van der Waals surface area contributed by atoms with Gasteiger partial charge in [-0.3, -0.25) is 4.79 Å². The van der Waals surface area contributed by atoms with E-state index in [-0.39, 0.29) is 17.6 Å². The van der Waals surface area contributed by atoms with Crippen LogP contribution < -0.4 is 10.9 Å². The van der Waals surface area contributed by atoms with Crippen molar-refractivity contribution in [1.82, 2.24) is 15.3 Å². The third-order valence-electron chi connectivity index (χ3n) is 4.11.